The Labute approximate surface area is 152 Å². The molecule has 0 spiro atoms. The van der Waals surface area contributed by atoms with Crippen LogP contribution in [-0.4, -0.2) is 18.8 Å². The monoisotopic (exact) mass is 370 g/mol. The van der Waals surface area contributed by atoms with E-state index in [4.69, 9.17) is 14.6 Å². The van der Waals surface area contributed by atoms with Crippen LogP contribution in [0.15, 0.2) is 48.5 Å². The summed E-state index contributed by atoms with van der Waals surface area (Å²) in [6, 6.07) is 2.21. The highest BCUT2D eigenvalue weighted by atomic mass is 19.2. The number of aromatic hydroxyl groups is 1. The average Bonchev–Trinajstić information content (AvgIpc) is 2.62. The smallest absolute Gasteiger partial charge is 0.204 e. The number of hydrogen-bond acceptors (Lipinski definition) is 3. The van der Waals surface area contributed by atoms with Crippen molar-refractivity contribution in [2.24, 2.45) is 11.8 Å². The zero-order valence-corrected chi connectivity index (χ0v) is 15.3. The van der Waals surface area contributed by atoms with Gasteiger partial charge in [-0.3, -0.25) is 0 Å². The first-order valence-corrected chi connectivity index (χ1v) is 8.26. The molecule has 2 unspecified atom stereocenters. The third kappa shape index (κ3) is 6.17. The van der Waals surface area contributed by atoms with Gasteiger partial charge in [-0.25, -0.2) is 4.39 Å². The summed E-state index contributed by atoms with van der Waals surface area (Å²) in [6.07, 6.45) is 2.52. The van der Waals surface area contributed by atoms with E-state index >= 15 is 0 Å². The number of halogens is 3. The van der Waals surface area contributed by atoms with Crippen LogP contribution in [-0.2, 0) is 4.74 Å². The van der Waals surface area contributed by atoms with Crippen molar-refractivity contribution < 1.29 is 27.8 Å². The second-order valence-electron chi connectivity index (χ2n) is 6.29. The molecule has 2 atom stereocenters. The highest BCUT2D eigenvalue weighted by Gasteiger charge is 2.16. The molecule has 1 aromatic carbocycles. The van der Waals surface area contributed by atoms with Crippen molar-refractivity contribution in [3.63, 3.8) is 0 Å². The highest BCUT2D eigenvalue weighted by molar-refractivity contribution is 5.34. The maximum Gasteiger partial charge on any atom is 0.204 e. The van der Waals surface area contributed by atoms with Gasteiger partial charge in [0.05, 0.1) is 13.7 Å². The molecule has 3 nitrogen and oxygen atoms in total. The Kier molecular flexibility index (Phi) is 8.29. The van der Waals surface area contributed by atoms with Gasteiger partial charge < -0.3 is 14.6 Å². The van der Waals surface area contributed by atoms with E-state index in [0.29, 0.717) is 18.4 Å². The van der Waals surface area contributed by atoms with Gasteiger partial charge in [-0.15, -0.1) is 0 Å². The van der Waals surface area contributed by atoms with Gasteiger partial charge in [-0.1, -0.05) is 27.0 Å². The predicted octanol–water partition coefficient (Wildman–Crippen LogP) is 5.67. The van der Waals surface area contributed by atoms with Crippen LogP contribution >= 0.6 is 0 Å². The molecule has 0 aliphatic rings. The standard InChI is InChI=1S/C20H25F3O3/c1-12(11-26-18-9-8-17(24)19(22)20(18)23)6-7-13(2)15(4)16(21)10-14(3)25-5/h8-10,12-13,24H,3-4,6-7,11H2,1-2,5H3/b16-10+. The molecular formula is C20H25F3O3. The van der Waals surface area contributed by atoms with Crippen molar-refractivity contribution in [2.45, 2.75) is 26.7 Å². The van der Waals surface area contributed by atoms with Crippen LogP contribution in [0.1, 0.15) is 26.7 Å². The minimum absolute atomic E-state index is 0.0301. The van der Waals surface area contributed by atoms with Crippen molar-refractivity contribution in [2.75, 3.05) is 13.7 Å². The van der Waals surface area contributed by atoms with Crippen LogP contribution in [0, 0.1) is 23.5 Å². The molecule has 0 aliphatic heterocycles. The van der Waals surface area contributed by atoms with Crippen molar-refractivity contribution in [1.29, 1.82) is 0 Å². The fourth-order valence-electron chi connectivity index (χ4n) is 2.19. The molecular weight excluding hydrogens is 345 g/mol. The Balaban J connectivity index is 2.50. The number of benzene rings is 1. The maximum atomic E-state index is 14.0. The van der Waals surface area contributed by atoms with Crippen LogP contribution in [0.3, 0.4) is 0 Å². The van der Waals surface area contributed by atoms with E-state index in [-0.39, 0.29) is 30.0 Å². The molecule has 1 N–H and O–H groups in total. The normalized spacial score (nSPS) is 13.8. The molecule has 0 heterocycles. The maximum absolute atomic E-state index is 14.0. The summed E-state index contributed by atoms with van der Waals surface area (Å²) >= 11 is 0. The molecule has 1 aromatic rings. The molecule has 1 rings (SSSR count). The van der Waals surface area contributed by atoms with E-state index in [1.54, 1.807) is 0 Å². The topological polar surface area (TPSA) is 38.7 Å². The molecule has 0 saturated carbocycles. The lowest BCUT2D eigenvalue weighted by Gasteiger charge is -2.18. The van der Waals surface area contributed by atoms with Gasteiger partial charge in [-0.2, -0.15) is 8.78 Å². The van der Waals surface area contributed by atoms with Crippen molar-refractivity contribution in [3.05, 3.63) is 60.2 Å². The number of phenols is 1. The highest BCUT2D eigenvalue weighted by Crippen LogP contribution is 2.28. The number of hydrogen-bond donors (Lipinski definition) is 1. The van der Waals surface area contributed by atoms with E-state index < -0.39 is 23.2 Å². The SMILES string of the molecule is C=C(/C=C(/F)C(=C)C(C)CCC(C)COc1ccc(O)c(F)c1F)OC. The van der Waals surface area contributed by atoms with Gasteiger partial charge in [-0.05, 0) is 42.4 Å². The van der Waals surface area contributed by atoms with Crippen molar-refractivity contribution in [3.8, 4) is 11.5 Å². The summed E-state index contributed by atoms with van der Waals surface area (Å²) in [7, 11) is 1.41. The first-order chi connectivity index (χ1) is 12.2. The second-order valence-corrected chi connectivity index (χ2v) is 6.29. The third-order valence-corrected chi connectivity index (χ3v) is 4.09. The van der Waals surface area contributed by atoms with Crippen LogP contribution in [0.5, 0.6) is 11.5 Å². The molecule has 26 heavy (non-hydrogen) atoms. The molecule has 0 saturated heterocycles. The van der Waals surface area contributed by atoms with Gasteiger partial charge in [0.25, 0.3) is 0 Å². The van der Waals surface area contributed by atoms with Crippen LogP contribution < -0.4 is 4.74 Å². The zero-order chi connectivity index (χ0) is 19.9. The van der Waals surface area contributed by atoms with E-state index in [9.17, 15) is 13.2 Å². The van der Waals surface area contributed by atoms with E-state index in [1.807, 2.05) is 13.8 Å². The van der Waals surface area contributed by atoms with Gasteiger partial charge in [0, 0.05) is 6.08 Å². The molecule has 144 valence electrons. The lowest BCUT2D eigenvalue weighted by atomic mass is 9.92. The number of phenolic OH excluding ortho intramolecular Hbond substituents is 1. The first kappa shape index (κ1) is 21.7. The molecule has 0 bridgehead atoms. The fraction of sp³-hybridized carbons (Fsp3) is 0.400. The Morgan fingerprint density at radius 1 is 1.19 bits per heavy atom. The Bertz CT molecular complexity index is 683. The number of ether oxygens (including phenoxy) is 2. The minimum atomic E-state index is -1.33. The summed E-state index contributed by atoms with van der Waals surface area (Å²) in [5.41, 5.74) is 0.350. The molecule has 0 fully saturated rings. The van der Waals surface area contributed by atoms with Gasteiger partial charge >= 0.3 is 0 Å². The number of rotatable bonds is 10. The molecule has 0 radical (unpaired) electrons. The van der Waals surface area contributed by atoms with E-state index in [2.05, 4.69) is 13.2 Å². The fourth-order valence-corrected chi connectivity index (χ4v) is 2.19. The molecule has 6 heteroatoms. The third-order valence-electron chi connectivity index (χ3n) is 4.09. The number of allylic oxidation sites excluding steroid dienone is 3. The van der Waals surface area contributed by atoms with Crippen molar-refractivity contribution in [1.82, 2.24) is 0 Å². The van der Waals surface area contributed by atoms with Crippen LogP contribution in [0.4, 0.5) is 13.2 Å². The molecule has 0 amide bonds. The van der Waals surface area contributed by atoms with Gasteiger partial charge in [0.2, 0.25) is 11.6 Å². The molecule has 0 aliphatic carbocycles. The largest absolute Gasteiger partial charge is 0.505 e. The summed E-state index contributed by atoms with van der Waals surface area (Å²) in [5.74, 6) is -3.91. The lowest BCUT2D eigenvalue weighted by Crippen LogP contribution is -2.12. The summed E-state index contributed by atoms with van der Waals surface area (Å²) < 4.78 is 51.0. The second kappa shape index (κ2) is 9.94. The zero-order valence-electron chi connectivity index (χ0n) is 15.3. The summed E-state index contributed by atoms with van der Waals surface area (Å²) in [5, 5.41) is 9.09. The predicted molar refractivity (Wildman–Crippen MR) is 95.6 cm³/mol. The quantitative estimate of drug-likeness (QED) is 0.426. The molecule has 0 aromatic heterocycles. The first-order valence-electron chi connectivity index (χ1n) is 8.26. The Morgan fingerprint density at radius 3 is 2.46 bits per heavy atom. The summed E-state index contributed by atoms with van der Waals surface area (Å²) in [6.45, 7) is 11.2. The van der Waals surface area contributed by atoms with Gasteiger partial charge in [0.15, 0.2) is 11.5 Å². The Morgan fingerprint density at radius 2 is 1.85 bits per heavy atom. The van der Waals surface area contributed by atoms with E-state index in [0.717, 1.165) is 6.07 Å². The lowest BCUT2D eigenvalue weighted by molar-refractivity contribution is 0.232. The summed E-state index contributed by atoms with van der Waals surface area (Å²) in [4.78, 5) is 0. The van der Waals surface area contributed by atoms with Crippen LogP contribution in [0.25, 0.3) is 0 Å². The van der Waals surface area contributed by atoms with E-state index in [1.165, 1.54) is 19.3 Å². The number of methoxy groups -OCH3 is 1. The van der Waals surface area contributed by atoms with Crippen molar-refractivity contribution >= 4 is 0 Å². The van der Waals surface area contributed by atoms with Gasteiger partial charge in [0.1, 0.15) is 11.6 Å². The minimum Gasteiger partial charge on any atom is -0.505 e. The Hall–Kier alpha value is -2.37. The van der Waals surface area contributed by atoms with Crippen LogP contribution in [0.2, 0.25) is 0 Å². The average molecular weight is 370 g/mol.